The summed E-state index contributed by atoms with van der Waals surface area (Å²) < 4.78 is 5.48. The summed E-state index contributed by atoms with van der Waals surface area (Å²) in [6.45, 7) is 7.34. The minimum Gasteiger partial charge on any atom is -0.345 e. The summed E-state index contributed by atoms with van der Waals surface area (Å²) in [7, 11) is 3.41. The highest BCUT2D eigenvalue weighted by molar-refractivity contribution is 5.96. The second-order valence-corrected chi connectivity index (χ2v) is 7.15. The van der Waals surface area contributed by atoms with Crippen LogP contribution in [0.2, 0.25) is 0 Å². The molecule has 1 amide bonds. The fourth-order valence-corrected chi connectivity index (χ4v) is 3.59. The largest absolute Gasteiger partial charge is 0.345 e. The molecule has 0 radical (unpaired) electrons. The predicted molar refractivity (Wildman–Crippen MR) is 109 cm³/mol. The van der Waals surface area contributed by atoms with E-state index in [1.807, 2.05) is 11.5 Å². The third kappa shape index (κ3) is 3.34. The van der Waals surface area contributed by atoms with Crippen LogP contribution in [0.3, 0.4) is 0 Å². The maximum atomic E-state index is 13.3. The molecule has 0 aliphatic heterocycles. The third-order valence-electron chi connectivity index (χ3n) is 5.22. The monoisotopic (exact) mass is 384 g/mol. The predicted octanol–water partition coefficient (Wildman–Crippen LogP) is 2.53. The van der Waals surface area contributed by atoms with Gasteiger partial charge in [-0.15, -0.1) is 0 Å². The summed E-state index contributed by atoms with van der Waals surface area (Å²) in [5.74, 6) is -0.137. The molecule has 0 aromatic carbocycles. The van der Waals surface area contributed by atoms with E-state index in [0.717, 1.165) is 25.1 Å². The van der Waals surface area contributed by atoms with Crippen molar-refractivity contribution in [2.24, 2.45) is 0 Å². The molecular weight excluding hydrogens is 356 g/mol. The van der Waals surface area contributed by atoms with Gasteiger partial charge in [-0.05, 0) is 25.8 Å². The highest BCUT2D eigenvalue weighted by Gasteiger charge is 2.22. The van der Waals surface area contributed by atoms with Crippen molar-refractivity contribution in [2.45, 2.75) is 52.7 Å². The molecule has 0 aliphatic rings. The van der Waals surface area contributed by atoms with Gasteiger partial charge >= 0.3 is 5.69 Å². The average Bonchev–Trinajstić information content (AvgIpc) is 3.25. The Morgan fingerprint density at radius 2 is 1.89 bits per heavy atom. The van der Waals surface area contributed by atoms with Gasteiger partial charge in [0.25, 0.3) is 5.91 Å². The Kier molecular flexibility index (Phi) is 5.67. The van der Waals surface area contributed by atoms with Gasteiger partial charge in [0.1, 0.15) is 0 Å². The SMILES string of the molecule is CCC(CC)n1c(=O)n(Cc2cncn2CC)c2cc(C(=O)N(C)C)cnc21. The van der Waals surface area contributed by atoms with E-state index in [0.29, 0.717) is 23.3 Å². The number of amides is 1. The number of imidazole rings is 2. The van der Waals surface area contributed by atoms with E-state index in [9.17, 15) is 9.59 Å². The molecule has 0 aliphatic carbocycles. The molecule has 3 aromatic rings. The lowest BCUT2D eigenvalue weighted by Gasteiger charge is -2.14. The van der Waals surface area contributed by atoms with E-state index >= 15 is 0 Å². The van der Waals surface area contributed by atoms with Crippen LogP contribution in [0.15, 0.2) is 29.6 Å². The molecule has 3 heterocycles. The number of hydrogen-bond acceptors (Lipinski definition) is 4. The zero-order chi connectivity index (χ0) is 20.4. The molecule has 150 valence electrons. The van der Waals surface area contributed by atoms with Gasteiger partial charge in [0, 0.05) is 39.1 Å². The lowest BCUT2D eigenvalue weighted by Crippen LogP contribution is -2.28. The number of aryl methyl sites for hydroxylation is 1. The molecule has 8 nitrogen and oxygen atoms in total. The first-order chi connectivity index (χ1) is 13.4. The molecule has 0 N–H and O–H groups in total. The molecule has 0 spiro atoms. The van der Waals surface area contributed by atoms with Crippen LogP contribution in [0.4, 0.5) is 0 Å². The molecule has 0 saturated carbocycles. The topological polar surface area (TPSA) is 78.0 Å². The minimum atomic E-state index is -0.137. The summed E-state index contributed by atoms with van der Waals surface area (Å²) in [6, 6.07) is 1.84. The van der Waals surface area contributed by atoms with E-state index in [2.05, 4.69) is 23.8 Å². The number of rotatable bonds is 7. The second-order valence-electron chi connectivity index (χ2n) is 7.15. The van der Waals surface area contributed by atoms with Crippen LogP contribution in [0, 0.1) is 0 Å². The van der Waals surface area contributed by atoms with Gasteiger partial charge in [0.05, 0.1) is 29.6 Å². The van der Waals surface area contributed by atoms with E-state index in [1.165, 1.54) is 4.90 Å². The van der Waals surface area contributed by atoms with E-state index in [4.69, 9.17) is 0 Å². The highest BCUT2D eigenvalue weighted by atomic mass is 16.2. The molecule has 3 rings (SSSR count). The Bertz CT molecular complexity index is 1040. The van der Waals surface area contributed by atoms with Crippen LogP contribution < -0.4 is 5.69 Å². The van der Waals surface area contributed by atoms with Gasteiger partial charge in [0.2, 0.25) is 0 Å². The summed E-state index contributed by atoms with van der Waals surface area (Å²) in [4.78, 5) is 36.0. The standard InChI is InChI=1S/C20H28N6O2/c1-6-15(7-2)26-18-17(9-14(10-22-18)19(27)23(4)5)25(20(26)28)12-16-11-21-13-24(16)8-3/h9-11,13,15H,6-8,12H2,1-5H3. The fraction of sp³-hybridized carbons (Fsp3) is 0.500. The van der Waals surface area contributed by atoms with Crippen LogP contribution >= 0.6 is 0 Å². The smallest absolute Gasteiger partial charge is 0.330 e. The molecule has 0 saturated heterocycles. The Hall–Kier alpha value is -2.90. The Labute approximate surface area is 164 Å². The van der Waals surface area contributed by atoms with Crippen molar-refractivity contribution in [2.75, 3.05) is 14.1 Å². The Morgan fingerprint density at radius 3 is 2.50 bits per heavy atom. The Morgan fingerprint density at radius 1 is 1.18 bits per heavy atom. The normalized spacial score (nSPS) is 11.5. The van der Waals surface area contributed by atoms with E-state index in [1.54, 1.807) is 48.0 Å². The quantitative estimate of drug-likeness (QED) is 0.627. The number of hydrogen-bond donors (Lipinski definition) is 0. The fourth-order valence-electron chi connectivity index (χ4n) is 3.59. The van der Waals surface area contributed by atoms with Crippen molar-refractivity contribution in [3.8, 4) is 0 Å². The summed E-state index contributed by atoms with van der Waals surface area (Å²) in [6.07, 6.45) is 6.77. The minimum absolute atomic E-state index is 0.0650. The maximum absolute atomic E-state index is 13.3. The van der Waals surface area contributed by atoms with Crippen molar-refractivity contribution in [1.29, 1.82) is 0 Å². The van der Waals surface area contributed by atoms with Crippen molar-refractivity contribution in [1.82, 2.24) is 28.6 Å². The van der Waals surface area contributed by atoms with Crippen LogP contribution in [-0.2, 0) is 13.1 Å². The van der Waals surface area contributed by atoms with Crippen LogP contribution in [0.5, 0.6) is 0 Å². The van der Waals surface area contributed by atoms with Crippen LogP contribution in [0.25, 0.3) is 11.2 Å². The number of aromatic nitrogens is 5. The lowest BCUT2D eigenvalue weighted by atomic mass is 10.1. The van der Waals surface area contributed by atoms with Crippen LogP contribution in [0.1, 0.15) is 55.7 Å². The molecule has 3 aromatic heterocycles. The number of carbonyl (C=O) groups excluding carboxylic acids is 1. The lowest BCUT2D eigenvalue weighted by molar-refractivity contribution is 0.0827. The maximum Gasteiger partial charge on any atom is 0.330 e. The molecule has 0 atom stereocenters. The Balaban J connectivity index is 2.24. The summed E-state index contributed by atoms with van der Waals surface area (Å²) in [5, 5.41) is 0. The third-order valence-corrected chi connectivity index (χ3v) is 5.22. The van der Waals surface area contributed by atoms with Crippen molar-refractivity contribution >= 4 is 17.1 Å². The number of carbonyl (C=O) groups is 1. The van der Waals surface area contributed by atoms with Gasteiger partial charge < -0.3 is 9.47 Å². The first kappa shape index (κ1) is 19.9. The van der Waals surface area contributed by atoms with Crippen molar-refractivity contribution in [3.63, 3.8) is 0 Å². The molecule has 0 unspecified atom stereocenters. The van der Waals surface area contributed by atoms with E-state index < -0.39 is 0 Å². The summed E-state index contributed by atoms with van der Waals surface area (Å²) in [5.41, 5.74) is 2.61. The zero-order valence-electron chi connectivity index (χ0n) is 17.2. The zero-order valence-corrected chi connectivity index (χ0v) is 17.2. The molecule has 0 bridgehead atoms. The molecule has 8 heteroatoms. The average molecular weight is 384 g/mol. The van der Waals surface area contributed by atoms with Gasteiger partial charge in [0.15, 0.2) is 5.65 Å². The molecule has 0 fully saturated rings. The van der Waals surface area contributed by atoms with Gasteiger partial charge in [-0.1, -0.05) is 13.8 Å². The number of pyridine rings is 1. The van der Waals surface area contributed by atoms with Gasteiger partial charge in [-0.25, -0.2) is 14.8 Å². The summed E-state index contributed by atoms with van der Waals surface area (Å²) >= 11 is 0. The number of nitrogens with zero attached hydrogens (tertiary/aromatic N) is 6. The molecule has 28 heavy (non-hydrogen) atoms. The molecular formula is C20H28N6O2. The second kappa shape index (κ2) is 8.00. The van der Waals surface area contributed by atoms with Crippen LogP contribution in [-0.4, -0.2) is 48.6 Å². The first-order valence-electron chi connectivity index (χ1n) is 9.74. The first-order valence-corrected chi connectivity index (χ1v) is 9.74. The number of fused-ring (bicyclic) bond motifs is 1. The van der Waals surface area contributed by atoms with Gasteiger partial charge in [-0.3, -0.25) is 13.9 Å². The van der Waals surface area contributed by atoms with E-state index in [-0.39, 0.29) is 17.6 Å². The van der Waals surface area contributed by atoms with Crippen molar-refractivity contribution in [3.05, 3.63) is 46.5 Å². The van der Waals surface area contributed by atoms with Crippen molar-refractivity contribution < 1.29 is 4.79 Å². The van der Waals surface area contributed by atoms with Gasteiger partial charge in [-0.2, -0.15) is 0 Å². The highest BCUT2D eigenvalue weighted by Crippen LogP contribution is 2.22.